The molecule has 2 heterocycles. The van der Waals surface area contributed by atoms with Crippen LogP contribution in [0.4, 0.5) is 5.69 Å². The largest absolute Gasteiger partial charge is 0.454 e. The number of aromatic nitrogens is 2. The van der Waals surface area contributed by atoms with E-state index in [1.54, 1.807) is 12.1 Å². The van der Waals surface area contributed by atoms with Gasteiger partial charge in [-0.05, 0) is 25.1 Å². The molecule has 1 aliphatic rings. The van der Waals surface area contributed by atoms with Crippen molar-refractivity contribution in [1.29, 1.82) is 0 Å². The SMILES string of the molecule is CC(=O)c1cc2c(cc1NC(=O)Cn1[nH]c(=O)c3ccccc3c1=O)OCO2. The van der Waals surface area contributed by atoms with Crippen molar-refractivity contribution in [1.82, 2.24) is 9.78 Å². The van der Waals surface area contributed by atoms with Crippen molar-refractivity contribution in [3.8, 4) is 11.5 Å². The van der Waals surface area contributed by atoms with Crippen LogP contribution in [0.25, 0.3) is 10.8 Å². The summed E-state index contributed by atoms with van der Waals surface area (Å²) >= 11 is 0. The van der Waals surface area contributed by atoms with Crippen LogP contribution in [0.5, 0.6) is 11.5 Å². The first kappa shape index (κ1) is 17.5. The zero-order valence-corrected chi connectivity index (χ0v) is 14.8. The number of fused-ring (bicyclic) bond motifs is 2. The second kappa shape index (κ2) is 6.69. The molecule has 0 aliphatic carbocycles. The lowest BCUT2D eigenvalue weighted by Crippen LogP contribution is -2.34. The van der Waals surface area contributed by atoms with Gasteiger partial charge in [-0.15, -0.1) is 0 Å². The summed E-state index contributed by atoms with van der Waals surface area (Å²) in [7, 11) is 0. The molecule has 0 bridgehead atoms. The van der Waals surface area contributed by atoms with Gasteiger partial charge in [-0.1, -0.05) is 12.1 Å². The summed E-state index contributed by atoms with van der Waals surface area (Å²) in [6, 6.07) is 9.32. The maximum absolute atomic E-state index is 12.5. The number of rotatable bonds is 4. The number of nitrogens with one attached hydrogen (secondary N) is 2. The van der Waals surface area contributed by atoms with E-state index in [9.17, 15) is 19.2 Å². The maximum Gasteiger partial charge on any atom is 0.273 e. The first-order valence-electron chi connectivity index (χ1n) is 8.40. The van der Waals surface area contributed by atoms with Crippen molar-refractivity contribution < 1.29 is 19.1 Å². The van der Waals surface area contributed by atoms with Crippen molar-refractivity contribution in [2.24, 2.45) is 0 Å². The lowest BCUT2D eigenvalue weighted by atomic mass is 10.1. The standard InChI is InChI=1S/C19H15N3O6/c1-10(23)13-6-15-16(28-9-27-15)7-14(13)20-17(24)8-22-19(26)12-5-3-2-4-11(12)18(25)21-22/h2-7H,8-9H2,1H3,(H,20,24)(H,21,25). The fourth-order valence-electron chi connectivity index (χ4n) is 3.03. The maximum atomic E-state index is 12.5. The molecular weight excluding hydrogens is 366 g/mol. The van der Waals surface area contributed by atoms with Gasteiger partial charge in [0.1, 0.15) is 6.54 Å². The summed E-state index contributed by atoms with van der Waals surface area (Å²) in [4.78, 5) is 49.0. The molecule has 0 fully saturated rings. The van der Waals surface area contributed by atoms with E-state index in [-0.39, 0.29) is 34.6 Å². The third-order valence-electron chi connectivity index (χ3n) is 4.35. The molecule has 3 aromatic rings. The van der Waals surface area contributed by atoms with E-state index < -0.39 is 23.6 Å². The summed E-state index contributed by atoms with van der Waals surface area (Å²) < 4.78 is 11.4. The Labute approximate surface area is 157 Å². The number of ether oxygens (including phenoxy) is 2. The van der Waals surface area contributed by atoms with Gasteiger partial charge in [0.05, 0.1) is 16.5 Å². The molecular formula is C19H15N3O6. The zero-order chi connectivity index (χ0) is 19.8. The minimum atomic E-state index is -0.589. The highest BCUT2D eigenvalue weighted by atomic mass is 16.7. The van der Waals surface area contributed by atoms with Crippen LogP contribution in [-0.4, -0.2) is 28.3 Å². The van der Waals surface area contributed by atoms with Crippen molar-refractivity contribution >= 4 is 28.2 Å². The van der Waals surface area contributed by atoms with Gasteiger partial charge in [-0.25, -0.2) is 4.68 Å². The van der Waals surface area contributed by atoms with E-state index in [1.165, 1.54) is 31.2 Å². The van der Waals surface area contributed by atoms with Crippen LogP contribution in [0.1, 0.15) is 17.3 Å². The normalized spacial score (nSPS) is 12.2. The van der Waals surface area contributed by atoms with Gasteiger partial charge in [-0.2, -0.15) is 0 Å². The third-order valence-corrected chi connectivity index (χ3v) is 4.35. The number of anilines is 1. The van der Waals surface area contributed by atoms with Gasteiger partial charge in [0.2, 0.25) is 12.7 Å². The molecule has 1 aromatic heterocycles. The number of ketones is 1. The highest BCUT2D eigenvalue weighted by Gasteiger charge is 2.20. The highest BCUT2D eigenvalue weighted by Crippen LogP contribution is 2.37. The molecule has 9 heteroatoms. The number of carbonyl (C=O) groups is 2. The number of H-pyrrole nitrogens is 1. The Hall–Kier alpha value is -3.88. The molecule has 0 unspecified atom stereocenters. The van der Waals surface area contributed by atoms with Gasteiger partial charge in [0, 0.05) is 11.6 Å². The predicted molar refractivity (Wildman–Crippen MR) is 100 cm³/mol. The fourth-order valence-corrected chi connectivity index (χ4v) is 3.03. The van der Waals surface area contributed by atoms with E-state index in [1.807, 2.05) is 0 Å². The van der Waals surface area contributed by atoms with Crippen LogP contribution < -0.4 is 25.9 Å². The third kappa shape index (κ3) is 3.02. The van der Waals surface area contributed by atoms with Crippen molar-refractivity contribution in [3.05, 3.63) is 62.7 Å². The van der Waals surface area contributed by atoms with Crippen LogP contribution in [-0.2, 0) is 11.3 Å². The number of Topliss-reactive ketones (excluding diaryl/α,β-unsaturated/α-hetero) is 1. The predicted octanol–water partition coefficient (Wildman–Crippen LogP) is 1.26. The summed E-state index contributed by atoms with van der Waals surface area (Å²) in [5.41, 5.74) is -0.492. The van der Waals surface area contributed by atoms with Crippen molar-refractivity contribution in [2.45, 2.75) is 13.5 Å². The smallest absolute Gasteiger partial charge is 0.273 e. The van der Waals surface area contributed by atoms with Gasteiger partial charge in [0.25, 0.3) is 11.1 Å². The van der Waals surface area contributed by atoms with Crippen molar-refractivity contribution in [2.75, 3.05) is 12.1 Å². The van der Waals surface area contributed by atoms with Crippen LogP contribution in [0.15, 0.2) is 46.0 Å². The van der Waals surface area contributed by atoms with Gasteiger partial charge < -0.3 is 14.8 Å². The summed E-state index contributed by atoms with van der Waals surface area (Å²) in [6.07, 6.45) is 0. The van der Waals surface area contributed by atoms with E-state index >= 15 is 0 Å². The van der Waals surface area contributed by atoms with Gasteiger partial charge in [0.15, 0.2) is 17.3 Å². The Kier molecular flexibility index (Phi) is 4.19. The summed E-state index contributed by atoms with van der Waals surface area (Å²) in [5, 5.41) is 5.44. The Balaban J connectivity index is 1.65. The minimum absolute atomic E-state index is 0.0256. The Morgan fingerprint density at radius 3 is 2.50 bits per heavy atom. The molecule has 28 heavy (non-hydrogen) atoms. The monoisotopic (exact) mass is 381 g/mol. The van der Waals surface area contributed by atoms with E-state index in [0.29, 0.717) is 11.5 Å². The second-order valence-corrected chi connectivity index (χ2v) is 6.23. The molecule has 2 N–H and O–H groups in total. The molecule has 0 atom stereocenters. The van der Waals surface area contributed by atoms with Crippen molar-refractivity contribution in [3.63, 3.8) is 0 Å². The van der Waals surface area contributed by atoms with Crippen LogP contribution >= 0.6 is 0 Å². The number of hydrogen-bond donors (Lipinski definition) is 2. The Morgan fingerprint density at radius 1 is 1.11 bits per heavy atom. The molecule has 4 rings (SSSR count). The van der Waals surface area contributed by atoms with E-state index in [0.717, 1.165) is 4.68 Å². The average molecular weight is 381 g/mol. The number of aromatic amines is 1. The van der Waals surface area contributed by atoms with Crippen LogP contribution in [0, 0.1) is 0 Å². The Morgan fingerprint density at radius 2 is 1.79 bits per heavy atom. The first-order chi connectivity index (χ1) is 13.4. The molecule has 1 aliphatic heterocycles. The summed E-state index contributed by atoms with van der Waals surface area (Å²) in [5.74, 6) is -0.0471. The number of carbonyl (C=O) groups excluding carboxylic acids is 2. The molecule has 0 saturated heterocycles. The molecule has 9 nitrogen and oxygen atoms in total. The molecule has 1 amide bonds. The van der Waals surface area contributed by atoms with Gasteiger partial charge >= 0.3 is 0 Å². The zero-order valence-electron chi connectivity index (χ0n) is 14.8. The van der Waals surface area contributed by atoms with E-state index in [2.05, 4.69) is 10.4 Å². The number of benzene rings is 2. The molecule has 142 valence electrons. The van der Waals surface area contributed by atoms with Gasteiger partial charge in [-0.3, -0.25) is 24.3 Å². The number of nitrogens with zero attached hydrogens (tertiary/aromatic N) is 1. The minimum Gasteiger partial charge on any atom is -0.454 e. The lowest BCUT2D eigenvalue weighted by molar-refractivity contribution is -0.117. The first-order valence-corrected chi connectivity index (χ1v) is 8.40. The molecule has 0 radical (unpaired) electrons. The lowest BCUT2D eigenvalue weighted by Gasteiger charge is -2.12. The molecule has 0 spiro atoms. The number of amides is 1. The molecule has 0 saturated carbocycles. The summed E-state index contributed by atoms with van der Waals surface area (Å²) in [6.45, 7) is 0.959. The highest BCUT2D eigenvalue weighted by molar-refractivity contribution is 6.04. The Bertz CT molecular complexity index is 1240. The average Bonchev–Trinajstić information content (AvgIpc) is 3.12. The van der Waals surface area contributed by atoms with Crippen LogP contribution in [0.3, 0.4) is 0 Å². The topological polar surface area (TPSA) is 119 Å². The van der Waals surface area contributed by atoms with E-state index in [4.69, 9.17) is 9.47 Å². The number of hydrogen-bond acceptors (Lipinski definition) is 6. The van der Waals surface area contributed by atoms with Crippen LogP contribution in [0.2, 0.25) is 0 Å². The molecule has 2 aromatic carbocycles. The quantitative estimate of drug-likeness (QED) is 0.657. The second-order valence-electron chi connectivity index (χ2n) is 6.23. The fraction of sp³-hybridized carbons (Fsp3) is 0.158.